The average molecular weight is 356 g/mol. The summed E-state index contributed by atoms with van der Waals surface area (Å²) < 4.78 is 1.21. The number of thiophene rings is 1. The Morgan fingerprint density at radius 2 is 2.11 bits per heavy atom. The van der Waals surface area contributed by atoms with E-state index < -0.39 is 0 Å². The molecule has 0 fully saturated rings. The van der Waals surface area contributed by atoms with Crippen LogP contribution in [0.5, 0.6) is 0 Å². The van der Waals surface area contributed by atoms with Crippen LogP contribution in [0.4, 0.5) is 0 Å². The molecule has 0 aliphatic rings. The fourth-order valence-electron chi connectivity index (χ4n) is 2.15. The minimum absolute atomic E-state index is 0.265. The van der Waals surface area contributed by atoms with Crippen molar-refractivity contribution in [1.82, 2.24) is 5.32 Å². The molecule has 0 aliphatic heterocycles. The van der Waals surface area contributed by atoms with Gasteiger partial charge in [-0.3, -0.25) is 0 Å². The highest BCUT2D eigenvalue weighted by Crippen LogP contribution is 2.38. The van der Waals surface area contributed by atoms with Crippen molar-refractivity contribution in [3.05, 3.63) is 50.1 Å². The van der Waals surface area contributed by atoms with Crippen molar-refractivity contribution in [1.29, 1.82) is 0 Å². The lowest BCUT2D eigenvalue weighted by atomic mass is 10.1. The van der Waals surface area contributed by atoms with E-state index >= 15 is 0 Å². The second-order valence-corrected chi connectivity index (χ2v) is 7.29. The second kappa shape index (κ2) is 6.93. The first kappa shape index (κ1) is 15.1. The van der Waals surface area contributed by atoms with E-state index in [2.05, 4.69) is 71.7 Å². The van der Waals surface area contributed by atoms with Crippen molar-refractivity contribution in [2.75, 3.05) is 12.8 Å². The van der Waals surface area contributed by atoms with Crippen LogP contribution in [0.25, 0.3) is 0 Å². The maximum atomic E-state index is 3.70. The number of nitrogens with one attached hydrogen (secondary N) is 1. The van der Waals surface area contributed by atoms with Crippen LogP contribution in [0.1, 0.15) is 28.3 Å². The fourth-order valence-corrected chi connectivity index (χ4v) is 4.76. The fraction of sp³-hybridized carbons (Fsp3) is 0.333. The number of thioether (sulfide) groups is 1. The Morgan fingerprint density at radius 3 is 2.68 bits per heavy atom. The molecule has 2 aromatic rings. The molecule has 1 aromatic carbocycles. The van der Waals surface area contributed by atoms with Crippen molar-refractivity contribution in [3.63, 3.8) is 0 Å². The molecule has 1 unspecified atom stereocenters. The van der Waals surface area contributed by atoms with Gasteiger partial charge in [-0.15, -0.1) is 23.1 Å². The maximum Gasteiger partial charge on any atom is 0.0693 e. The van der Waals surface area contributed by atoms with E-state index in [1.165, 1.54) is 24.7 Å². The van der Waals surface area contributed by atoms with E-state index in [9.17, 15) is 0 Å². The number of hydrogen-bond donors (Lipinski definition) is 1. The van der Waals surface area contributed by atoms with Gasteiger partial charge in [-0.1, -0.05) is 25.1 Å². The highest BCUT2D eigenvalue weighted by atomic mass is 79.9. The topological polar surface area (TPSA) is 12.0 Å². The van der Waals surface area contributed by atoms with Crippen LogP contribution in [-0.2, 0) is 0 Å². The van der Waals surface area contributed by atoms with Gasteiger partial charge in [-0.25, -0.2) is 0 Å². The number of rotatable bonds is 5. The van der Waals surface area contributed by atoms with Crippen LogP contribution in [-0.4, -0.2) is 12.8 Å². The molecule has 0 aliphatic carbocycles. The highest BCUT2D eigenvalue weighted by Gasteiger charge is 2.20. The van der Waals surface area contributed by atoms with Gasteiger partial charge >= 0.3 is 0 Å². The molecule has 1 heterocycles. The molecule has 0 spiro atoms. The van der Waals surface area contributed by atoms with Gasteiger partial charge in [0.1, 0.15) is 0 Å². The minimum Gasteiger partial charge on any atom is -0.306 e. The summed E-state index contributed by atoms with van der Waals surface area (Å²) in [7, 11) is 0. The molecule has 1 N–H and O–H groups in total. The smallest absolute Gasteiger partial charge is 0.0693 e. The average Bonchev–Trinajstić information content (AvgIpc) is 2.75. The van der Waals surface area contributed by atoms with Crippen molar-refractivity contribution in [2.45, 2.75) is 24.8 Å². The Labute approximate surface area is 131 Å². The summed E-state index contributed by atoms with van der Waals surface area (Å²) in [6.45, 7) is 5.27. The second-order valence-electron chi connectivity index (χ2n) is 4.30. The molecule has 0 saturated heterocycles. The van der Waals surface area contributed by atoms with Gasteiger partial charge in [0.05, 0.1) is 6.04 Å². The van der Waals surface area contributed by atoms with E-state index in [1.54, 1.807) is 11.8 Å². The summed E-state index contributed by atoms with van der Waals surface area (Å²) >= 11 is 7.36. The third-order valence-corrected chi connectivity index (χ3v) is 5.80. The summed E-state index contributed by atoms with van der Waals surface area (Å²) in [5.74, 6) is 0. The number of aryl methyl sites for hydroxylation is 1. The minimum atomic E-state index is 0.265. The molecule has 4 heteroatoms. The van der Waals surface area contributed by atoms with Gasteiger partial charge < -0.3 is 5.32 Å². The quantitative estimate of drug-likeness (QED) is 0.736. The van der Waals surface area contributed by atoms with Crippen molar-refractivity contribution in [2.24, 2.45) is 0 Å². The molecule has 1 nitrogen and oxygen atoms in total. The zero-order chi connectivity index (χ0) is 13.8. The number of hydrogen-bond acceptors (Lipinski definition) is 3. The van der Waals surface area contributed by atoms with Gasteiger partial charge in [0, 0.05) is 19.1 Å². The SMILES string of the molecule is CCNC(c1ccccc1SC)c1sc(C)cc1Br. The lowest BCUT2D eigenvalue weighted by Crippen LogP contribution is -2.22. The monoisotopic (exact) mass is 355 g/mol. The van der Waals surface area contributed by atoms with Gasteiger partial charge in [-0.05, 0) is 53.4 Å². The van der Waals surface area contributed by atoms with Crippen LogP contribution in [0, 0.1) is 6.92 Å². The molecular weight excluding hydrogens is 338 g/mol. The Bertz CT molecular complexity index is 551. The number of halogens is 1. The number of benzene rings is 1. The highest BCUT2D eigenvalue weighted by molar-refractivity contribution is 9.10. The standard InChI is InChI=1S/C15H18BrNS2/c1-4-17-14(15-12(16)9-10(2)19-15)11-7-5-6-8-13(11)18-3/h5-9,14,17H,4H2,1-3H3. The molecular formula is C15H18BrNS2. The van der Waals surface area contributed by atoms with Crippen molar-refractivity contribution < 1.29 is 0 Å². The summed E-state index contributed by atoms with van der Waals surface area (Å²) in [5, 5.41) is 3.61. The predicted octanol–water partition coefficient (Wildman–Crippen LogP) is 5.24. The first-order valence-corrected chi connectivity index (χ1v) is 9.13. The zero-order valence-electron chi connectivity index (χ0n) is 11.4. The lowest BCUT2D eigenvalue weighted by Gasteiger charge is -2.20. The molecule has 1 atom stereocenters. The molecule has 0 bridgehead atoms. The molecule has 0 amide bonds. The first-order valence-electron chi connectivity index (χ1n) is 6.29. The Balaban J connectivity index is 2.48. The van der Waals surface area contributed by atoms with E-state index in [4.69, 9.17) is 0 Å². The summed E-state index contributed by atoms with van der Waals surface area (Å²) in [5.41, 5.74) is 1.36. The van der Waals surface area contributed by atoms with Crippen molar-refractivity contribution >= 4 is 39.0 Å². The van der Waals surface area contributed by atoms with Crippen LogP contribution < -0.4 is 5.32 Å². The van der Waals surface area contributed by atoms with Gasteiger partial charge in [-0.2, -0.15) is 0 Å². The van der Waals surface area contributed by atoms with Crippen molar-refractivity contribution in [3.8, 4) is 0 Å². The van der Waals surface area contributed by atoms with E-state index in [0.29, 0.717) is 0 Å². The Hall–Kier alpha value is -0.290. The Kier molecular flexibility index (Phi) is 5.51. The lowest BCUT2D eigenvalue weighted by molar-refractivity contribution is 0.629. The summed E-state index contributed by atoms with van der Waals surface area (Å²) in [6, 6.07) is 11.1. The largest absolute Gasteiger partial charge is 0.306 e. The maximum absolute atomic E-state index is 3.70. The molecule has 2 rings (SSSR count). The molecule has 19 heavy (non-hydrogen) atoms. The molecule has 102 valence electrons. The summed E-state index contributed by atoms with van der Waals surface area (Å²) in [6.07, 6.45) is 2.14. The van der Waals surface area contributed by atoms with E-state index in [0.717, 1.165) is 6.54 Å². The van der Waals surface area contributed by atoms with Gasteiger partial charge in [0.2, 0.25) is 0 Å². The Morgan fingerprint density at radius 1 is 1.37 bits per heavy atom. The van der Waals surface area contributed by atoms with E-state index in [-0.39, 0.29) is 6.04 Å². The first-order chi connectivity index (χ1) is 9.17. The van der Waals surface area contributed by atoms with E-state index in [1.807, 2.05) is 11.3 Å². The predicted molar refractivity (Wildman–Crippen MR) is 90.5 cm³/mol. The third kappa shape index (κ3) is 3.43. The van der Waals surface area contributed by atoms with Gasteiger partial charge in [0.15, 0.2) is 0 Å². The van der Waals surface area contributed by atoms with Crippen LogP contribution in [0.3, 0.4) is 0 Å². The third-order valence-electron chi connectivity index (χ3n) is 2.96. The zero-order valence-corrected chi connectivity index (χ0v) is 14.6. The van der Waals surface area contributed by atoms with Crippen LogP contribution in [0.15, 0.2) is 39.7 Å². The molecule has 1 aromatic heterocycles. The van der Waals surface area contributed by atoms with Gasteiger partial charge in [0.25, 0.3) is 0 Å². The molecule has 0 radical (unpaired) electrons. The van der Waals surface area contributed by atoms with Crippen LogP contribution >= 0.6 is 39.0 Å². The molecule has 0 saturated carbocycles. The van der Waals surface area contributed by atoms with Crippen LogP contribution in [0.2, 0.25) is 0 Å². The summed E-state index contributed by atoms with van der Waals surface area (Å²) in [4.78, 5) is 4.04. The normalized spacial score (nSPS) is 12.6.